The first-order valence-electron chi connectivity index (χ1n) is 8.11. The Morgan fingerprint density at radius 3 is 2.88 bits per heavy atom. The van der Waals surface area contributed by atoms with E-state index in [0.29, 0.717) is 18.0 Å². The van der Waals surface area contributed by atoms with Crippen molar-refractivity contribution in [1.82, 2.24) is 4.98 Å². The van der Waals surface area contributed by atoms with Crippen LogP contribution in [0.2, 0.25) is 0 Å². The Kier molecular flexibility index (Phi) is 5.27. The van der Waals surface area contributed by atoms with Crippen LogP contribution >= 0.6 is 15.9 Å². The van der Waals surface area contributed by atoms with Gasteiger partial charge < -0.3 is 4.74 Å². The quantitative estimate of drug-likeness (QED) is 0.553. The molecule has 1 aromatic carbocycles. The number of benzene rings is 1. The number of hydrogen-bond acceptors (Lipinski definition) is 4. The summed E-state index contributed by atoms with van der Waals surface area (Å²) in [5.41, 5.74) is 4.72. The lowest BCUT2D eigenvalue weighted by molar-refractivity contribution is 0.344. The molecule has 122 valence electrons. The number of aliphatic imine (C=N–C) groups is 1. The summed E-state index contributed by atoms with van der Waals surface area (Å²) in [6.45, 7) is 2.43. The van der Waals surface area contributed by atoms with Crippen LogP contribution in [0.5, 0.6) is 0 Å². The fourth-order valence-corrected chi connectivity index (χ4v) is 3.53. The summed E-state index contributed by atoms with van der Waals surface area (Å²) in [5, 5.41) is 9.79. The standard InChI is InChI=1S/C19H18BrN3O/c1-2-24-12-22-19-15(11-21)18(13-7-3-5-9-16(13)20)14-8-4-6-10-17(14)23-19/h3,5,7,9,12H,2,4,6,8,10H2,1H3. The van der Waals surface area contributed by atoms with Gasteiger partial charge in [0.1, 0.15) is 11.6 Å². The summed E-state index contributed by atoms with van der Waals surface area (Å²) in [6, 6.07) is 10.3. The van der Waals surface area contributed by atoms with Crippen LogP contribution in [0.3, 0.4) is 0 Å². The molecule has 0 aliphatic heterocycles. The Morgan fingerprint density at radius 1 is 1.33 bits per heavy atom. The van der Waals surface area contributed by atoms with E-state index in [9.17, 15) is 5.26 Å². The molecule has 1 aromatic heterocycles. The maximum Gasteiger partial charge on any atom is 0.176 e. The molecule has 2 aromatic rings. The Hall–Kier alpha value is -2.19. The zero-order valence-electron chi connectivity index (χ0n) is 13.6. The van der Waals surface area contributed by atoms with Crippen LogP contribution in [-0.2, 0) is 17.6 Å². The van der Waals surface area contributed by atoms with Crippen molar-refractivity contribution in [3.05, 3.63) is 45.6 Å². The summed E-state index contributed by atoms with van der Waals surface area (Å²) in [4.78, 5) is 8.95. The minimum absolute atomic E-state index is 0.442. The number of halogens is 1. The van der Waals surface area contributed by atoms with Crippen molar-refractivity contribution in [2.45, 2.75) is 32.6 Å². The number of ether oxygens (including phenoxy) is 1. The highest BCUT2D eigenvalue weighted by atomic mass is 79.9. The fourth-order valence-electron chi connectivity index (χ4n) is 3.05. The molecule has 0 radical (unpaired) electrons. The molecule has 0 amide bonds. The second kappa shape index (κ2) is 7.59. The molecule has 0 unspecified atom stereocenters. The molecule has 1 heterocycles. The van der Waals surface area contributed by atoms with Crippen molar-refractivity contribution in [2.75, 3.05) is 6.61 Å². The van der Waals surface area contributed by atoms with Gasteiger partial charge in [-0.15, -0.1) is 0 Å². The first-order valence-corrected chi connectivity index (χ1v) is 8.90. The maximum atomic E-state index is 9.79. The van der Waals surface area contributed by atoms with E-state index >= 15 is 0 Å². The first-order chi connectivity index (χ1) is 11.8. The zero-order chi connectivity index (χ0) is 16.9. The molecule has 1 aliphatic rings. The van der Waals surface area contributed by atoms with Gasteiger partial charge in [0.25, 0.3) is 0 Å². The molecule has 0 N–H and O–H groups in total. The summed E-state index contributed by atoms with van der Waals surface area (Å²) >= 11 is 3.62. The Morgan fingerprint density at radius 2 is 2.12 bits per heavy atom. The average molecular weight is 384 g/mol. The van der Waals surface area contributed by atoms with Crippen LogP contribution in [-0.4, -0.2) is 18.0 Å². The summed E-state index contributed by atoms with van der Waals surface area (Å²) in [6.07, 6.45) is 5.50. The maximum absolute atomic E-state index is 9.79. The Bertz CT molecular complexity index is 824. The number of aromatic nitrogens is 1. The fraction of sp³-hybridized carbons (Fsp3) is 0.316. The summed E-state index contributed by atoms with van der Waals surface area (Å²) in [7, 11) is 0. The van der Waals surface area contributed by atoms with Gasteiger partial charge >= 0.3 is 0 Å². The first kappa shape index (κ1) is 16.7. The number of aryl methyl sites for hydroxylation is 1. The largest absolute Gasteiger partial charge is 0.483 e. The van der Waals surface area contributed by atoms with Gasteiger partial charge in [0.15, 0.2) is 12.2 Å². The normalized spacial score (nSPS) is 13.5. The number of rotatable bonds is 4. The third-order valence-corrected chi connectivity index (χ3v) is 4.82. The average Bonchev–Trinajstić information content (AvgIpc) is 2.61. The van der Waals surface area contributed by atoms with Crippen molar-refractivity contribution in [2.24, 2.45) is 4.99 Å². The molecule has 0 atom stereocenters. The molecule has 24 heavy (non-hydrogen) atoms. The van der Waals surface area contributed by atoms with Crippen LogP contribution in [0.4, 0.5) is 5.82 Å². The predicted molar refractivity (Wildman–Crippen MR) is 98.5 cm³/mol. The minimum Gasteiger partial charge on any atom is -0.483 e. The predicted octanol–water partition coefficient (Wildman–Crippen LogP) is 4.96. The molecule has 0 saturated carbocycles. The van der Waals surface area contributed by atoms with Gasteiger partial charge in [-0.2, -0.15) is 10.3 Å². The molecule has 0 saturated heterocycles. The van der Waals surface area contributed by atoms with Crippen molar-refractivity contribution >= 4 is 28.1 Å². The highest BCUT2D eigenvalue weighted by Gasteiger charge is 2.23. The number of fused-ring (bicyclic) bond motifs is 1. The van der Waals surface area contributed by atoms with E-state index in [1.807, 2.05) is 31.2 Å². The zero-order valence-corrected chi connectivity index (χ0v) is 15.1. The lowest BCUT2D eigenvalue weighted by Gasteiger charge is -2.21. The molecule has 5 heteroatoms. The van der Waals surface area contributed by atoms with Crippen LogP contribution in [0, 0.1) is 11.3 Å². The highest BCUT2D eigenvalue weighted by Crippen LogP contribution is 2.40. The smallest absolute Gasteiger partial charge is 0.176 e. The van der Waals surface area contributed by atoms with Gasteiger partial charge in [0, 0.05) is 15.7 Å². The van der Waals surface area contributed by atoms with Crippen LogP contribution < -0.4 is 0 Å². The van der Waals surface area contributed by atoms with E-state index in [1.165, 1.54) is 12.0 Å². The summed E-state index contributed by atoms with van der Waals surface area (Å²) < 4.78 is 6.17. The lowest BCUT2D eigenvalue weighted by atomic mass is 9.86. The third kappa shape index (κ3) is 3.20. The van der Waals surface area contributed by atoms with Crippen LogP contribution in [0.25, 0.3) is 11.1 Å². The SMILES string of the molecule is CCOC=Nc1nc2c(c(-c3ccccc3Br)c1C#N)CCCC2. The van der Waals surface area contributed by atoms with E-state index < -0.39 is 0 Å². The molecular weight excluding hydrogens is 366 g/mol. The van der Waals surface area contributed by atoms with E-state index in [2.05, 4.69) is 32.0 Å². The highest BCUT2D eigenvalue weighted by molar-refractivity contribution is 9.10. The van der Waals surface area contributed by atoms with E-state index in [1.54, 1.807) is 0 Å². The molecule has 3 rings (SSSR count). The number of pyridine rings is 1. The number of nitriles is 1. The Labute approximate surface area is 150 Å². The van der Waals surface area contributed by atoms with Gasteiger partial charge in [0.2, 0.25) is 0 Å². The molecule has 1 aliphatic carbocycles. The van der Waals surface area contributed by atoms with E-state index in [4.69, 9.17) is 4.74 Å². The minimum atomic E-state index is 0.442. The molecule has 0 fully saturated rings. The number of hydrogen-bond donors (Lipinski definition) is 0. The van der Waals surface area contributed by atoms with Crippen molar-refractivity contribution in [3.8, 4) is 17.2 Å². The number of nitrogens with zero attached hydrogens (tertiary/aromatic N) is 3. The van der Waals surface area contributed by atoms with Gasteiger partial charge in [-0.3, -0.25) is 0 Å². The van der Waals surface area contributed by atoms with E-state index in [0.717, 1.165) is 47.0 Å². The van der Waals surface area contributed by atoms with Crippen molar-refractivity contribution in [3.63, 3.8) is 0 Å². The van der Waals surface area contributed by atoms with Crippen LogP contribution in [0.1, 0.15) is 36.6 Å². The van der Waals surface area contributed by atoms with Crippen molar-refractivity contribution in [1.29, 1.82) is 5.26 Å². The molecule has 0 spiro atoms. The lowest BCUT2D eigenvalue weighted by Crippen LogP contribution is -2.09. The van der Waals surface area contributed by atoms with Gasteiger partial charge in [-0.25, -0.2) is 4.98 Å². The van der Waals surface area contributed by atoms with Gasteiger partial charge in [0.05, 0.1) is 6.61 Å². The summed E-state index contributed by atoms with van der Waals surface area (Å²) in [5.74, 6) is 0.442. The molecule has 4 nitrogen and oxygen atoms in total. The van der Waals surface area contributed by atoms with Gasteiger partial charge in [-0.1, -0.05) is 34.1 Å². The topological polar surface area (TPSA) is 58.3 Å². The van der Waals surface area contributed by atoms with E-state index in [-0.39, 0.29) is 0 Å². The second-order valence-electron chi connectivity index (χ2n) is 5.60. The molecule has 0 bridgehead atoms. The van der Waals surface area contributed by atoms with Gasteiger partial charge in [-0.05, 0) is 49.8 Å². The Balaban J connectivity index is 2.27. The van der Waals surface area contributed by atoms with Crippen molar-refractivity contribution < 1.29 is 4.74 Å². The van der Waals surface area contributed by atoms with Crippen LogP contribution in [0.15, 0.2) is 33.7 Å². The second-order valence-corrected chi connectivity index (χ2v) is 6.45. The molecular formula is C19H18BrN3O. The monoisotopic (exact) mass is 383 g/mol. The third-order valence-electron chi connectivity index (χ3n) is 4.13.